The van der Waals surface area contributed by atoms with E-state index in [1.165, 1.54) is 36.9 Å². The number of esters is 2. The number of cyclic esters (lactones) is 2. The first-order valence-corrected chi connectivity index (χ1v) is 7.83. The summed E-state index contributed by atoms with van der Waals surface area (Å²) >= 11 is 0. The predicted octanol–water partition coefficient (Wildman–Crippen LogP) is 2.05. The summed E-state index contributed by atoms with van der Waals surface area (Å²) in [7, 11) is 0. The fourth-order valence-electron chi connectivity index (χ4n) is 2.30. The molecule has 1 saturated heterocycles. The minimum atomic E-state index is -1.30. The van der Waals surface area contributed by atoms with Crippen LogP contribution in [0.4, 0.5) is 5.82 Å². The Morgan fingerprint density at radius 3 is 2.59 bits per heavy atom. The van der Waals surface area contributed by atoms with Crippen molar-refractivity contribution in [1.82, 2.24) is 9.78 Å². The molecule has 140 valence electrons. The monoisotopic (exact) mass is 373 g/mol. The molecule has 1 aliphatic heterocycles. The van der Waals surface area contributed by atoms with Crippen molar-refractivity contribution in [2.45, 2.75) is 26.4 Å². The zero-order valence-corrected chi connectivity index (χ0v) is 14.4. The largest absolute Gasteiger partial charge is 0.469 e. The van der Waals surface area contributed by atoms with Gasteiger partial charge in [-0.15, -0.1) is 4.68 Å². The highest BCUT2D eigenvalue weighted by molar-refractivity contribution is 6.18. The summed E-state index contributed by atoms with van der Waals surface area (Å²) in [6.07, 6.45) is 2.76. The Morgan fingerprint density at radius 1 is 1.26 bits per heavy atom. The molecule has 1 aliphatic rings. The van der Waals surface area contributed by atoms with E-state index < -0.39 is 22.6 Å². The molecule has 0 bridgehead atoms. The molecule has 10 nitrogen and oxygen atoms in total. The molecule has 2 aromatic rings. The molecule has 0 aliphatic carbocycles. The highest BCUT2D eigenvalue weighted by atomic mass is 16.7. The molecule has 1 aromatic carbocycles. The summed E-state index contributed by atoms with van der Waals surface area (Å²) in [6.45, 7) is 2.88. The molecule has 0 unspecified atom stereocenters. The lowest BCUT2D eigenvalue weighted by Gasteiger charge is -2.29. The normalized spacial score (nSPS) is 15.7. The molecule has 0 amide bonds. The van der Waals surface area contributed by atoms with Crippen LogP contribution in [0.5, 0.6) is 5.75 Å². The van der Waals surface area contributed by atoms with Gasteiger partial charge in [-0.05, 0) is 28.7 Å². The third kappa shape index (κ3) is 4.29. The van der Waals surface area contributed by atoms with Gasteiger partial charge in [0.2, 0.25) is 6.73 Å². The van der Waals surface area contributed by atoms with E-state index in [1.54, 1.807) is 24.3 Å². The van der Waals surface area contributed by atoms with Crippen molar-refractivity contribution in [2.75, 3.05) is 0 Å². The number of hydrogen-bond acceptors (Lipinski definition) is 8. The number of ether oxygens (including phenoxy) is 3. The van der Waals surface area contributed by atoms with E-state index in [0.717, 1.165) is 0 Å². The Morgan fingerprint density at radius 2 is 1.96 bits per heavy atom. The Labute approximate surface area is 153 Å². The fourth-order valence-corrected chi connectivity index (χ4v) is 2.30. The Kier molecular flexibility index (Phi) is 4.63. The van der Waals surface area contributed by atoms with Crippen molar-refractivity contribution in [2.24, 2.45) is 0 Å². The van der Waals surface area contributed by atoms with Crippen molar-refractivity contribution in [3.05, 3.63) is 57.8 Å². The van der Waals surface area contributed by atoms with E-state index in [0.29, 0.717) is 11.3 Å². The van der Waals surface area contributed by atoms with Crippen LogP contribution in [0.25, 0.3) is 6.08 Å². The molecular weight excluding hydrogens is 358 g/mol. The number of benzene rings is 1. The maximum Gasteiger partial charge on any atom is 0.390 e. The Bertz CT molecular complexity index is 924. The standard InChI is InChI=1S/C17H15N3O7/c1-17(2)26-15(21)13(16(22)27-17)9-11-4-3-5-12(8-11)25-10-19-7-6-14(18-19)20(23)24/h3-9H,10H2,1-2H3. The molecule has 3 rings (SSSR count). The van der Waals surface area contributed by atoms with E-state index in [2.05, 4.69) is 5.10 Å². The second kappa shape index (κ2) is 6.90. The van der Waals surface area contributed by atoms with Crippen LogP contribution in [-0.4, -0.2) is 32.4 Å². The molecule has 2 heterocycles. The zero-order chi connectivity index (χ0) is 19.6. The summed E-state index contributed by atoms with van der Waals surface area (Å²) < 4.78 is 16.9. The lowest BCUT2D eigenvalue weighted by atomic mass is 10.1. The minimum absolute atomic E-state index is 0.0495. The van der Waals surface area contributed by atoms with Gasteiger partial charge < -0.3 is 24.3 Å². The summed E-state index contributed by atoms with van der Waals surface area (Å²) in [5.41, 5.74) is 0.289. The molecule has 0 radical (unpaired) electrons. The maximum absolute atomic E-state index is 12.0. The lowest BCUT2D eigenvalue weighted by molar-refractivity contribution is -0.389. The topological polar surface area (TPSA) is 123 Å². The third-order valence-electron chi connectivity index (χ3n) is 3.46. The summed E-state index contributed by atoms with van der Waals surface area (Å²) in [5, 5.41) is 14.4. The molecule has 27 heavy (non-hydrogen) atoms. The first-order chi connectivity index (χ1) is 12.7. The smallest absolute Gasteiger partial charge is 0.390 e. The van der Waals surface area contributed by atoms with Gasteiger partial charge in [0.1, 0.15) is 11.3 Å². The van der Waals surface area contributed by atoms with Crippen molar-refractivity contribution in [3.63, 3.8) is 0 Å². The molecular formula is C17H15N3O7. The molecule has 0 spiro atoms. The molecule has 10 heteroatoms. The quantitative estimate of drug-likeness (QED) is 0.256. The Hall–Kier alpha value is -3.69. The van der Waals surface area contributed by atoms with Gasteiger partial charge >= 0.3 is 17.8 Å². The van der Waals surface area contributed by atoms with Gasteiger partial charge in [0.15, 0.2) is 0 Å². The SMILES string of the molecule is CC1(C)OC(=O)C(=Cc2cccc(OCn3ccc([N+](=O)[O-])n3)c2)C(=O)O1. The molecule has 0 N–H and O–H groups in total. The summed E-state index contributed by atoms with van der Waals surface area (Å²) in [6, 6.07) is 7.83. The maximum atomic E-state index is 12.0. The second-order valence-corrected chi connectivity index (χ2v) is 6.05. The molecule has 1 aromatic heterocycles. The van der Waals surface area contributed by atoms with Gasteiger partial charge in [-0.1, -0.05) is 12.1 Å². The van der Waals surface area contributed by atoms with Crippen molar-refractivity contribution in [3.8, 4) is 5.75 Å². The molecule has 0 saturated carbocycles. The van der Waals surface area contributed by atoms with Crippen LogP contribution >= 0.6 is 0 Å². The summed E-state index contributed by atoms with van der Waals surface area (Å²) in [4.78, 5) is 34.0. The van der Waals surface area contributed by atoms with E-state index in [9.17, 15) is 19.7 Å². The van der Waals surface area contributed by atoms with Crippen molar-refractivity contribution in [1.29, 1.82) is 0 Å². The van der Waals surface area contributed by atoms with E-state index in [4.69, 9.17) is 14.2 Å². The number of rotatable bonds is 5. The van der Waals surface area contributed by atoms with Crippen LogP contribution < -0.4 is 4.74 Å². The van der Waals surface area contributed by atoms with E-state index in [-0.39, 0.29) is 18.1 Å². The molecule has 0 atom stereocenters. The number of nitrogens with zero attached hydrogens (tertiary/aromatic N) is 3. The predicted molar refractivity (Wildman–Crippen MR) is 90.2 cm³/mol. The van der Waals surface area contributed by atoms with Crippen LogP contribution in [-0.2, 0) is 25.8 Å². The van der Waals surface area contributed by atoms with Gasteiger partial charge in [-0.3, -0.25) is 0 Å². The lowest BCUT2D eigenvalue weighted by Crippen LogP contribution is -2.41. The van der Waals surface area contributed by atoms with Gasteiger partial charge in [-0.25, -0.2) is 9.59 Å². The fraction of sp³-hybridized carbons (Fsp3) is 0.235. The van der Waals surface area contributed by atoms with E-state index >= 15 is 0 Å². The Balaban J connectivity index is 1.72. The van der Waals surface area contributed by atoms with Crippen LogP contribution in [0.1, 0.15) is 19.4 Å². The van der Waals surface area contributed by atoms with Crippen LogP contribution in [0.2, 0.25) is 0 Å². The number of hydrogen-bond donors (Lipinski definition) is 0. The van der Waals surface area contributed by atoms with Crippen LogP contribution in [0.15, 0.2) is 42.1 Å². The van der Waals surface area contributed by atoms with Crippen molar-refractivity contribution >= 4 is 23.8 Å². The highest BCUT2D eigenvalue weighted by Gasteiger charge is 2.38. The van der Waals surface area contributed by atoms with Crippen LogP contribution in [0.3, 0.4) is 0 Å². The van der Waals surface area contributed by atoms with Crippen LogP contribution in [0, 0.1) is 10.1 Å². The average Bonchev–Trinajstić information content (AvgIpc) is 3.05. The zero-order valence-electron chi connectivity index (χ0n) is 14.4. The second-order valence-electron chi connectivity index (χ2n) is 6.05. The first-order valence-electron chi connectivity index (χ1n) is 7.83. The number of carbonyl (C=O) groups is 2. The van der Waals surface area contributed by atoms with Gasteiger partial charge in [0, 0.05) is 13.8 Å². The highest BCUT2D eigenvalue weighted by Crippen LogP contribution is 2.25. The van der Waals surface area contributed by atoms with Gasteiger partial charge in [0.05, 0.1) is 17.4 Å². The number of carbonyl (C=O) groups excluding carboxylic acids is 2. The van der Waals surface area contributed by atoms with E-state index in [1.807, 2.05) is 0 Å². The minimum Gasteiger partial charge on any atom is -0.469 e. The van der Waals surface area contributed by atoms with Gasteiger partial charge in [0.25, 0.3) is 5.79 Å². The molecule has 1 fully saturated rings. The average molecular weight is 373 g/mol. The number of aromatic nitrogens is 2. The first kappa shape index (κ1) is 18.1. The summed E-state index contributed by atoms with van der Waals surface area (Å²) in [5.74, 6) is -2.71. The number of nitro groups is 1. The third-order valence-corrected chi connectivity index (χ3v) is 3.46. The van der Waals surface area contributed by atoms with Gasteiger partial charge in [-0.2, -0.15) is 0 Å². The van der Waals surface area contributed by atoms with Crippen molar-refractivity contribution < 1.29 is 28.7 Å².